The second kappa shape index (κ2) is 5.50. The van der Waals surface area contributed by atoms with Gasteiger partial charge in [0.25, 0.3) is 0 Å². The van der Waals surface area contributed by atoms with Crippen LogP contribution in [0.5, 0.6) is 0 Å². The lowest BCUT2D eigenvalue weighted by Gasteiger charge is -2.35. The van der Waals surface area contributed by atoms with Gasteiger partial charge in [0.15, 0.2) is 0 Å². The summed E-state index contributed by atoms with van der Waals surface area (Å²) in [6, 6.07) is 1.34. The van der Waals surface area contributed by atoms with Crippen LogP contribution in [0, 0.1) is 0 Å². The Morgan fingerprint density at radius 2 is 2.11 bits per heavy atom. The van der Waals surface area contributed by atoms with Crippen molar-refractivity contribution in [2.45, 2.75) is 38.1 Å². The predicted molar refractivity (Wildman–Crippen MR) is 64.1 cm³/mol. The number of alkyl halides is 3. The van der Waals surface area contributed by atoms with Gasteiger partial charge in [-0.3, -0.25) is 0 Å². The lowest BCUT2D eigenvalue weighted by molar-refractivity contribution is -0.144. The van der Waals surface area contributed by atoms with E-state index in [-0.39, 0.29) is 23.1 Å². The predicted octanol–water partition coefficient (Wildman–Crippen LogP) is 3.13. The van der Waals surface area contributed by atoms with Gasteiger partial charge in [0.2, 0.25) is 5.82 Å². The van der Waals surface area contributed by atoms with Gasteiger partial charge in [0.1, 0.15) is 11.0 Å². The van der Waals surface area contributed by atoms with Crippen LogP contribution in [0.15, 0.2) is 6.07 Å². The third-order valence-corrected chi connectivity index (χ3v) is 2.99. The van der Waals surface area contributed by atoms with Crippen LogP contribution in [-0.4, -0.2) is 28.7 Å². The minimum atomic E-state index is -4.60. The molecule has 0 aromatic carbocycles. The molecule has 0 saturated heterocycles. The fourth-order valence-electron chi connectivity index (χ4n) is 1.88. The maximum Gasteiger partial charge on any atom is 0.451 e. The van der Waals surface area contributed by atoms with Crippen molar-refractivity contribution in [3.05, 3.63) is 17.0 Å². The molecule has 0 amide bonds. The third-order valence-electron chi connectivity index (χ3n) is 2.80. The van der Waals surface area contributed by atoms with Gasteiger partial charge < -0.3 is 10.1 Å². The van der Waals surface area contributed by atoms with Gasteiger partial charge in [-0.1, -0.05) is 11.6 Å². The first-order valence-electron chi connectivity index (χ1n) is 5.88. The molecule has 1 aliphatic carbocycles. The Morgan fingerprint density at radius 1 is 1.42 bits per heavy atom. The van der Waals surface area contributed by atoms with Gasteiger partial charge in [0.05, 0.1) is 6.10 Å². The summed E-state index contributed by atoms with van der Waals surface area (Å²) in [5.41, 5.74) is 0. The van der Waals surface area contributed by atoms with E-state index >= 15 is 0 Å². The largest absolute Gasteiger partial charge is 0.451 e. The van der Waals surface area contributed by atoms with E-state index in [4.69, 9.17) is 16.3 Å². The molecule has 1 aliphatic rings. The topological polar surface area (TPSA) is 47.0 Å². The first kappa shape index (κ1) is 14.3. The smallest absolute Gasteiger partial charge is 0.378 e. The standard InChI is InChI=1S/C11H13ClF3N3O/c1-2-19-7-3-6(4-7)16-9-5-8(12)17-10(18-9)11(13,14)15/h5-7H,2-4H2,1H3,(H,16,17,18). The van der Waals surface area contributed by atoms with Gasteiger partial charge in [-0.2, -0.15) is 13.2 Å². The molecule has 2 rings (SSSR count). The summed E-state index contributed by atoms with van der Waals surface area (Å²) in [7, 11) is 0. The number of hydrogen-bond acceptors (Lipinski definition) is 4. The van der Waals surface area contributed by atoms with Crippen LogP contribution in [-0.2, 0) is 10.9 Å². The Kier molecular flexibility index (Phi) is 4.15. The molecule has 4 nitrogen and oxygen atoms in total. The van der Waals surface area contributed by atoms with E-state index in [9.17, 15) is 13.2 Å². The summed E-state index contributed by atoms with van der Waals surface area (Å²) >= 11 is 5.56. The van der Waals surface area contributed by atoms with E-state index in [2.05, 4.69) is 15.3 Å². The van der Waals surface area contributed by atoms with Crippen molar-refractivity contribution in [2.75, 3.05) is 11.9 Å². The molecule has 0 unspecified atom stereocenters. The van der Waals surface area contributed by atoms with Gasteiger partial charge in [-0.05, 0) is 19.8 Å². The normalized spacial score (nSPS) is 23.0. The lowest BCUT2D eigenvalue weighted by atomic mass is 9.89. The molecule has 0 bridgehead atoms. The summed E-state index contributed by atoms with van der Waals surface area (Å²) in [4.78, 5) is 6.59. The summed E-state index contributed by atoms with van der Waals surface area (Å²) in [6.07, 6.45) is -2.94. The summed E-state index contributed by atoms with van der Waals surface area (Å²) in [6.45, 7) is 2.54. The molecule has 1 aromatic rings. The van der Waals surface area contributed by atoms with Gasteiger partial charge in [0, 0.05) is 18.7 Å². The number of halogens is 4. The Hall–Kier alpha value is -1.08. The van der Waals surface area contributed by atoms with Crippen molar-refractivity contribution < 1.29 is 17.9 Å². The second-order valence-electron chi connectivity index (χ2n) is 4.29. The molecule has 0 radical (unpaired) electrons. The first-order chi connectivity index (χ1) is 8.88. The molecule has 0 aliphatic heterocycles. The average molecular weight is 296 g/mol. The molecule has 8 heteroatoms. The monoisotopic (exact) mass is 295 g/mol. The molecule has 1 N–H and O–H groups in total. The highest BCUT2D eigenvalue weighted by atomic mass is 35.5. The van der Waals surface area contributed by atoms with Crippen LogP contribution >= 0.6 is 11.6 Å². The van der Waals surface area contributed by atoms with Crippen LogP contribution in [0.1, 0.15) is 25.6 Å². The first-order valence-corrected chi connectivity index (χ1v) is 6.26. The van der Waals surface area contributed by atoms with Gasteiger partial charge in [-0.15, -0.1) is 0 Å². The van der Waals surface area contributed by atoms with E-state index in [0.29, 0.717) is 6.61 Å². The Morgan fingerprint density at radius 3 is 2.68 bits per heavy atom. The number of nitrogens with one attached hydrogen (secondary N) is 1. The van der Waals surface area contributed by atoms with Gasteiger partial charge in [-0.25, -0.2) is 9.97 Å². The van der Waals surface area contributed by atoms with Crippen LogP contribution in [0.25, 0.3) is 0 Å². The summed E-state index contributed by atoms with van der Waals surface area (Å²) in [5, 5.41) is 2.67. The van der Waals surface area contributed by atoms with E-state index in [1.807, 2.05) is 6.92 Å². The number of aromatic nitrogens is 2. The molecule has 19 heavy (non-hydrogen) atoms. The highest BCUT2D eigenvalue weighted by Gasteiger charge is 2.36. The maximum absolute atomic E-state index is 12.5. The zero-order valence-electron chi connectivity index (χ0n) is 10.2. The maximum atomic E-state index is 12.5. The van der Waals surface area contributed by atoms with E-state index in [0.717, 1.165) is 12.8 Å². The molecule has 1 aromatic heterocycles. The molecule has 1 fully saturated rings. The highest BCUT2D eigenvalue weighted by molar-refractivity contribution is 6.29. The number of nitrogens with zero attached hydrogens (tertiary/aromatic N) is 2. The Balaban J connectivity index is 2.00. The van der Waals surface area contributed by atoms with Crippen molar-refractivity contribution >= 4 is 17.4 Å². The Bertz CT molecular complexity index is 449. The molecule has 1 saturated carbocycles. The molecule has 0 spiro atoms. The molecule has 0 atom stereocenters. The fourth-order valence-corrected chi connectivity index (χ4v) is 2.07. The zero-order valence-corrected chi connectivity index (χ0v) is 10.9. The number of rotatable bonds is 4. The minimum Gasteiger partial charge on any atom is -0.378 e. The summed E-state index contributed by atoms with van der Waals surface area (Å²) < 4.78 is 42.9. The summed E-state index contributed by atoms with van der Waals surface area (Å²) in [5.74, 6) is -1.14. The van der Waals surface area contributed by atoms with Crippen molar-refractivity contribution in [1.29, 1.82) is 0 Å². The number of ether oxygens (including phenoxy) is 1. The van der Waals surface area contributed by atoms with Crippen molar-refractivity contribution in [3.63, 3.8) is 0 Å². The fraction of sp³-hybridized carbons (Fsp3) is 0.636. The van der Waals surface area contributed by atoms with E-state index in [1.165, 1.54) is 6.07 Å². The van der Waals surface area contributed by atoms with Crippen LogP contribution in [0.2, 0.25) is 5.15 Å². The van der Waals surface area contributed by atoms with Gasteiger partial charge >= 0.3 is 6.18 Å². The second-order valence-corrected chi connectivity index (χ2v) is 4.67. The molecular weight excluding hydrogens is 283 g/mol. The lowest BCUT2D eigenvalue weighted by Crippen LogP contribution is -2.41. The average Bonchev–Trinajstić information content (AvgIpc) is 2.24. The van der Waals surface area contributed by atoms with Crippen LogP contribution in [0.4, 0.5) is 19.0 Å². The zero-order chi connectivity index (χ0) is 14.0. The molecule has 1 heterocycles. The number of hydrogen-bond donors (Lipinski definition) is 1. The number of anilines is 1. The molecular formula is C11H13ClF3N3O. The SMILES string of the molecule is CCOC1CC(Nc2cc(Cl)nc(C(F)(F)F)n2)C1. The quantitative estimate of drug-likeness (QED) is 0.867. The highest BCUT2D eigenvalue weighted by Crippen LogP contribution is 2.30. The minimum absolute atomic E-state index is 0.0589. The van der Waals surface area contributed by atoms with Crippen molar-refractivity contribution in [1.82, 2.24) is 9.97 Å². The van der Waals surface area contributed by atoms with Crippen molar-refractivity contribution in [2.24, 2.45) is 0 Å². The van der Waals surface area contributed by atoms with E-state index in [1.54, 1.807) is 0 Å². The van der Waals surface area contributed by atoms with Crippen LogP contribution < -0.4 is 5.32 Å². The van der Waals surface area contributed by atoms with Crippen molar-refractivity contribution in [3.8, 4) is 0 Å². The Labute approximate surface area is 113 Å². The third kappa shape index (κ3) is 3.70. The molecule has 106 valence electrons. The van der Waals surface area contributed by atoms with E-state index < -0.39 is 12.0 Å². The van der Waals surface area contributed by atoms with Crippen LogP contribution in [0.3, 0.4) is 0 Å².